The summed E-state index contributed by atoms with van der Waals surface area (Å²) in [7, 11) is 0. The Labute approximate surface area is 100 Å². The third-order valence-corrected chi connectivity index (χ3v) is 3.76. The predicted molar refractivity (Wildman–Crippen MR) is 66.7 cm³/mol. The molecule has 1 heterocycles. The van der Waals surface area contributed by atoms with Gasteiger partial charge in [-0.2, -0.15) is 5.10 Å². The number of halogens is 1. The van der Waals surface area contributed by atoms with Gasteiger partial charge in [0.2, 0.25) is 0 Å². The van der Waals surface area contributed by atoms with Gasteiger partial charge in [-0.1, -0.05) is 13.8 Å². The molecule has 0 unspecified atom stereocenters. The maximum Gasteiger partial charge on any atom is 0.127 e. The van der Waals surface area contributed by atoms with Gasteiger partial charge in [-0.15, -0.1) is 0 Å². The van der Waals surface area contributed by atoms with Crippen molar-refractivity contribution in [2.24, 2.45) is 0 Å². The van der Waals surface area contributed by atoms with Crippen LogP contribution in [0.5, 0.6) is 0 Å². The summed E-state index contributed by atoms with van der Waals surface area (Å²) in [4.78, 5) is 0. The molecule has 90 valence electrons. The van der Waals surface area contributed by atoms with Gasteiger partial charge in [0, 0.05) is 5.39 Å². The maximum atomic E-state index is 13.8. The van der Waals surface area contributed by atoms with E-state index in [2.05, 4.69) is 9.78 Å². The highest BCUT2D eigenvalue weighted by molar-refractivity contribution is 5.79. The molecular formula is C14H17FN2. The summed E-state index contributed by atoms with van der Waals surface area (Å²) in [6.07, 6.45) is 5.46. The van der Waals surface area contributed by atoms with Crippen molar-refractivity contribution in [1.82, 2.24) is 9.78 Å². The SMILES string of the molecule is CC(C)c1cc2c(cnn2C2CCC2)cc1F. The van der Waals surface area contributed by atoms with Gasteiger partial charge in [0.1, 0.15) is 5.82 Å². The second-order valence-electron chi connectivity index (χ2n) is 5.26. The van der Waals surface area contributed by atoms with Crippen molar-refractivity contribution in [3.63, 3.8) is 0 Å². The summed E-state index contributed by atoms with van der Waals surface area (Å²) in [5, 5.41) is 5.32. The Morgan fingerprint density at radius 1 is 1.35 bits per heavy atom. The van der Waals surface area contributed by atoms with E-state index in [-0.39, 0.29) is 11.7 Å². The summed E-state index contributed by atoms with van der Waals surface area (Å²) in [5.74, 6) is 0.102. The van der Waals surface area contributed by atoms with Crippen LogP contribution in [0, 0.1) is 5.82 Å². The lowest BCUT2D eigenvalue weighted by molar-refractivity contribution is 0.297. The van der Waals surface area contributed by atoms with E-state index < -0.39 is 0 Å². The lowest BCUT2D eigenvalue weighted by Crippen LogP contribution is -2.17. The van der Waals surface area contributed by atoms with Gasteiger partial charge in [-0.3, -0.25) is 4.68 Å². The van der Waals surface area contributed by atoms with Crippen LogP contribution in [0.15, 0.2) is 18.3 Å². The molecule has 1 aromatic carbocycles. The third-order valence-electron chi connectivity index (χ3n) is 3.76. The molecule has 3 heteroatoms. The van der Waals surface area contributed by atoms with E-state index in [1.807, 2.05) is 19.9 Å². The highest BCUT2D eigenvalue weighted by atomic mass is 19.1. The topological polar surface area (TPSA) is 17.8 Å². The van der Waals surface area contributed by atoms with Crippen LogP contribution < -0.4 is 0 Å². The molecule has 0 saturated heterocycles. The molecule has 1 aliphatic rings. The number of aromatic nitrogens is 2. The zero-order valence-electron chi connectivity index (χ0n) is 10.3. The Balaban J connectivity index is 2.16. The van der Waals surface area contributed by atoms with Crippen molar-refractivity contribution in [2.45, 2.75) is 45.1 Å². The van der Waals surface area contributed by atoms with Gasteiger partial charge >= 0.3 is 0 Å². The number of rotatable bonds is 2. The minimum atomic E-state index is -0.111. The number of hydrogen-bond acceptors (Lipinski definition) is 1. The standard InChI is InChI=1S/C14H17FN2/c1-9(2)12-7-14-10(6-13(12)15)8-16-17(14)11-4-3-5-11/h6-9,11H,3-5H2,1-2H3. The molecule has 1 saturated carbocycles. The van der Waals surface area contributed by atoms with Gasteiger partial charge in [0.05, 0.1) is 17.8 Å². The van der Waals surface area contributed by atoms with Gasteiger partial charge in [0.25, 0.3) is 0 Å². The van der Waals surface area contributed by atoms with Gasteiger partial charge < -0.3 is 0 Å². The van der Waals surface area contributed by atoms with E-state index in [0.29, 0.717) is 6.04 Å². The van der Waals surface area contributed by atoms with E-state index in [1.165, 1.54) is 19.3 Å². The molecule has 0 aliphatic heterocycles. The van der Waals surface area contributed by atoms with Crippen LogP contribution >= 0.6 is 0 Å². The predicted octanol–water partition coefficient (Wildman–Crippen LogP) is 4.02. The molecule has 17 heavy (non-hydrogen) atoms. The molecule has 0 radical (unpaired) electrons. The molecule has 2 aromatic rings. The number of nitrogens with zero attached hydrogens (tertiary/aromatic N) is 2. The van der Waals surface area contributed by atoms with Gasteiger partial charge in [-0.05, 0) is 42.9 Å². The van der Waals surface area contributed by atoms with Crippen molar-refractivity contribution >= 4 is 10.9 Å². The zero-order chi connectivity index (χ0) is 12.0. The van der Waals surface area contributed by atoms with Crippen LogP contribution in [0.3, 0.4) is 0 Å². The molecule has 0 bridgehead atoms. The minimum absolute atomic E-state index is 0.111. The van der Waals surface area contributed by atoms with Crippen molar-refractivity contribution in [3.05, 3.63) is 29.7 Å². The molecule has 0 amide bonds. The fraction of sp³-hybridized carbons (Fsp3) is 0.500. The smallest absolute Gasteiger partial charge is 0.127 e. The molecule has 1 fully saturated rings. The van der Waals surface area contributed by atoms with Crippen LogP contribution in [0.1, 0.15) is 50.6 Å². The summed E-state index contributed by atoms with van der Waals surface area (Å²) in [6, 6.07) is 4.12. The lowest BCUT2D eigenvalue weighted by atomic mass is 9.93. The molecular weight excluding hydrogens is 215 g/mol. The summed E-state index contributed by atoms with van der Waals surface area (Å²) >= 11 is 0. The highest BCUT2D eigenvalue weighted by Crippen LogP contribution is 2.34. The molecule has 0 atom stereocenters. The van der Waals surface area contributed by atoms with Crippen molar-refractivity contribution < 1.29 is 4.39 Å². The quantitative estimate of drug-likeness (QED) is 0.764. The highest BCUT2D eigenvalue weighted by Gasteiger charge is 2.22. The first-order valence-electron chi connectivity index (χ1n) is 6.33. The number of hydrogen-bond donors (Lipinski definition) is 0. The number of benzene rings is 1. The second-order valence-corrected chi connectivity index (χ2v) is 5.26. The van der Waals surface area contributed by atoms with E-state index in [9.17, 15) is 4.39 Å². The fourth-order valence-corrected chi connectivity index (χ4v) is 2.45. The Morgan fingerprint density at radius 3 is 2.71 bits per heavy atom. The van der Waals surface area contributed by atoms with Gasteiger partial charge in [-0.25, -0.2) is 4.39 Å². The normalized spacial score (nSPS) is 16.7. The average molecular weight is 232 g/mol. The van der Waals surface area contributed by atoms with Crippen LogP contribution in [-0.2, 0) is 0 Å². The van der Waals surface area contributed by atoms with Crippen LogP contribution in [0.2, 0.25) is 0 Å². The number of fused-ring (bicyclic) bond motifs is 1. The molecule has 1 aliphatic carbocycles. The van der Waals surface area contributed by atoms with Crippen LogP contribution in [0.4, 0.5) is 4.39 Å². The Bertz CT molecular complexity index is 553. The van der Waals surface area contributed by atoms with Crippen LogP contribution in [-0.4, -0.2) is 9.78 Å². The Kier molecular flexibility index (Phi) is 2.42. The maximum absolute atomic E-state index is 13.8. The van der Waals surface area contributed by atoms with E-state index in [1.54, 1.807) is 12.3 Å². The van der Waals surface area contributed by atoms with Crippen LogP contribution in [0.25, 0.3) is 10.9 Å². The molecule has 2 nitrogen and oxygen atoms in total. The zero-order valence-corrected chi connectivity index (χ0v) is 10.3. The molecule has 3 rings (SSSR count). The first kappa shape index (κ1) is 10.8. The van der Waals surface area contributed by atoms with E-state index in [0.717, 1.165) is 16.5 Å². The fourth-order valence-electron chi connectivity index (χ4n) is 2.45. The first-order chi connectivity index (χ1) is 8.16. The summed E-state index contributed by atoms with van der Waals surface area (Å²) in [5.41, 5.74) is 1.87. The van der Waals surface area contributed by atoms with E-state index in [4.69, 9.17) is 0 Å². The first-order valence-corrected chi connectivity index (χ1v) is 6.33. The Morgan fingerprint density at radius 2 is 2.12 bits per heavy atom. The minimum Gasteiger partial charge on any atom is -0.262 e. The van der Waals surface area contributed by atoms with Crippen molar-refractivity contribution in [2.75, 3.05) is 0 Å². The second kappa shape index (κ2) is 3.83. The third kappa shape index (κ3) is 1.65. The Hall–Kier alpha value is -1.38. The lowest BCUT2D eigenvalue weighted by Gasteiger charge is -2.26. The monoisotopic (exact) mass is 232 g/mol. The summed E-state index contributed by atoms with van der Waals surface area (Å²) < 4.78 is 15.9. The van der Waals surface area contributed by atoms with Crippen molar-refractivity contribution in [3.8, 4) is 0 Å². The van der Waals surface area contributed by atoms with E-state index >= 15 is 0 Å². The molecule has 1 aromatic heterocycles. The average Bonchev–Trinajstić information content (AvgIpc) is 2.57. The van der Waals surface area contributed by atoms with Crippen molar-refractivity contribution in [1.29, 1.82) is 0 Å². The largest absolute Gasteiger partial charge is 0.262 e. The molecule has 0 spiro atoms. The molecule has 0 N–H and O–H groups in total. The van der Waals surface area contributed by atoms with Gasteiger partial charge in [0.15, 0.2) is 0 Å². The summed E-state index contributed by atoms with van der Waals surface area (Å²) in [6.45, 7) is 4.04.